The number of ether oxygens (including phenoxy) is 2. The van der Waals surface area contributed by atoms with Crippen molar-refractivity contribution in [2.24, 2.45) is 5.92 Å². The summed E-state index contributed by atoms with van der Waals surface area (Å²) in [5.41, 5.74) is 0.129. The molecule has 0 bridgehead atoms. The maximum atomic E-state index is 11.8. The Kier molecular flexibility index (Phi) is 6.45. The smallest absolute Gasteiger partial charge is 0.348 e. The molecule has 1 fully saturated rings. The summed E-state index contributed by atoms with van der Waals surface area (Å²) >= 11 is 0. The van der Waals surface area contributed by atoms with Gasteiger partial charge < -0.3 is 9.47 Å². The van der Waals surface area contributed by atoms with E-state index in [9.17, 15) is 4.79 Å². The number of nitriles is 1. The Hall–Kier alpha value is -1.34. The Morgan fingerprint density at radius 3 is 2.67 bits per heavy atom. The Bertz CT molecular complexity index is 337. The number of hydrogen-bond donors (Lipinski definition) is 0. The minimum absolute atomic E-state index is 0.129. The summed E-state index contributed by atoms with van der Waals surface area (Å²) in [7, 11) is 1.55. The van der Waals surface area contributed by atoms with Gasteiger partial charge in [-0.3, -0.25) is 0 Å². The van der Waals surface area contributed by atoms with Crippen LogP contribution in [0.4, 0.5) is 0 Å². The zero-order valence-electron chi connectivity index (χ0n) is 11.1. The van der Waals surface area contributed by atoms with Crippen LogP contribution in [-0.2, 0) is 14.3 Å². The van der Waals surface area contributed by atoms with Crippen LogP contribution in [0, 0.1) is 17.2 Å². The molecule has 1 atom stereocenters. The first kappa shape index (κ1) is 14.7. The number of rotatable bonds is 5. The van der Waals surface area contributed by atoms with Gasteiger partial charge in [0.1, 0.15) is 17.7 Å². The van der Waals surface area contributed by atoms with E-state index in [0.717, 1.165) is 12.8 Å². The lowest BCUT2D eigenvalue weighted by Crippen LogP contribution is -2.21. The fourth-order valence-corrected chi connectivity index (χ4v) is 2.20. The van der Waals surface area contributed by atoms with Gasteiger partial charge in [0.05, 0.1) is 6.61 Å². The second-order valence-corrected chi connectivity index (χ2v) is 4.76. The Balaban J connectivity index is 2.56. The predicted molar refractivity (Wildman–Crippen MR) is 67.7 cm³/mol. The third kappa shape index (κ3) is 4.89. The molecule has 1 aliphatic carbocycles. The van der Waals surface area contributed by atoms with Crippen LogP contribution in [0.5, 0.6) is 0 Å². The van der Waals surface area contributed by atoms with Crippen LogP contribution in [0.25, 0.3) is 0 Å². The first-order chi connectivity index (χ1) is 8.67. The maximum Gasteiger partial charge on any atom is 0.348 e. The lowest BCUT2D eigenvalue weighted by molar-refractivity contribution is -0.145. The summed E-state index contributed by atoms with van der Waals surface area (Å²) in [5, 5.41) is 9.02. The van der Waals surface area contributed by atoms with Crippen molar-refractivity contribution >= 4 is 5.97 Å². The summed E-state index contributed by atoms with van der Waals surface area (Å²) in [6, 6.07) is 1.94. The van der Waals surface area contributed by atoms with Gasteiger partial charge in [-0.1, -0.05) is 25.3 Å². The van der Waals surface area contributed by atoms with Crippen LogP contribution >= 0.6 is 0 Å². The Labute approximate surface area is 109 Å². The molecule has 1 aliphatic rings. The molecule has 0 aliphatic heterocycles. The highest BCUT2D eigenvalue weighted by Crippen LogP contribution is 2.25. The van der Waals surface area contributed by atoms with E-state index in [1.807, 2.05) is 6.07 Å². The Morgan fingerprint density at radius 2 is 2.11 bits per heavy atom. The normalized spacial score (nSPS) is 19.1. The summed E-state index contributed by atoms with van der Waals surface area (Å²) in [6.45, 7) is 2.09. The van der Waals surface area contributed by atoms with Crippen LogP contribution in [0.3, 0.4) is 0 Å². The molecule has 1 unspecified atom stereocenters. The fraction of sp³-hybridized carbons (Fsp3) is 0.714. The van der Waals surface area contributed by atoms with Crippen LogP contribution in [0.15, 0.2) is 11.6 Å². The maximum absolute atomic E-state index is 11.8. The minimum atomic E-state index is -0.535. The largest absolute Gasteiger partial charge is 0.456 e. The topological polar surface area (TPSA) is 59.3 Å². The van der Waals surface area contributed by atoms with Crippen LogP contribution in [0.1, 0.15) is 39.0 Å². The number of allylic oxidation sites excluding steroid dienone is 1. The van der Waals surface area contributed by atoms with E-state index in [1.165, 1.54) is 19.3 Å². The standard InChI is InChI=1S/C14H21NO3/c1-11(10-17-2)18-14(16)13(9-15)8-12-6-4-3-5-7-12/h8,11-12H,3-7,10H2,1-2H3/b13-8+. The number of hydrogen-bond acceptors (Lipinski definition) is 4. The van der Waals surface area contributed by atoms with E-state index in [2.05, 4.69) is 0 Å². The molecule has 18 heavy (non-hydrogen) atoms. The van der Waals surface area contributed by atoms with Gasteiger partial charge >= 0.3 is 5.97 Å². The van der Waals surface area contributed by atoms with Crippen molar-refractivity contribution in [3.05, 3.63) is 11.6 Å². The van der Waals surface area contributed by atoms with Crippen LogP contribution < -0.4 is 0 Å². The molecular formula is C14H21NO3. The average molecular weight is 251 g/mol. The molecule has 1 rings (SSSR count). The van der Waals surface area contributed by atoms with Gasteiger partial charge in [-0.15, -0.1) is 0 Å². The van der Waals surface area contributed by atoms with Crippen molar-refractivity contribution in [1.82, 2.24) is 0 Å². The molecule has 0 radical (unpaired) electrons. The molecule has 100 valence electrons. The lowest BCUT2D eigenvalue weighted by Gasteiger charge is -2.18. The zero-order valence-corrected chi connectivity index (χ0v) is 11.1. The van der Waals surface area contributed by atoms with E-state index in [4.69, 9.17) is 14.7 Å². The van der Waals surface area contributed by atoms with Gasteiger partial charge in [-0.05, 0) is 25.7 Å². The highest BCUT2D eigenvalue weighted by molar-refractivity contribution is 5.92. The highest BCUT2D eigenvalue weighted by atomic mass is 16.6. The molecule has 0 N–H and O–H groups in total. The van der Waals surface area contributed by atoms with Gasteiger partial charge in [-0.2, -0.15) is 5.26 Å². The van der Waals surface area contributed by atoms with Crippen molar-refractivity contribution in [3.63, 3.8) is 0 Å². The molecule has 0 aromatic heterocycles. The molecule has 4 nitrogen and oxygen atoms in total. The number of esters is 1. The van der Waals surface area contributed by atoms with Crippen molar-refractivity contribution in [2.45, 2.75) is 45.1 Å². The third-order valence-electron chi connectivity index (χ3n) is 3.10. The highest BCUT2D eigenvalue weighted by Gasteiger charge is 2.18. The van der Waals surface area contributed by atoms with Crippen LogP contribution in [-0.4, -0.2) is 25.8 Å². The second-order valence-electron chi connectivity index (χ2n) is 4.76. The van der Waals surface area contributed by atoms with Crippen molar-refractivity contribution in [2.75, 3.05) is 13.7 Å². The molecule has 1 saturated carbocycles. The summed E-state index contributed by atoms with van der Waals surface area (Å²) < 4.78 is 10.0. The molecule has 0 heterocycles. The van der Waals surface area contributed by atoms with E-state index in [1.54, 1.807) is 20.1 Å². The summed E-state index contributed by atoms with van der Waals surface area (Å²) in [6.07, 6.45) is 7.18. The minimum Gasteiger partial charge on any atom is -0.456 e. The monoisotopic (exact) mass is 251 g/mol. The summed E-state index contributed by atoms with van der Waals surface area (Å²) in [4.78, 5) is 11.8. The van der Waals surface area contributed by atoms with Gasteiger partial charge in [0.2, 0.25) is 0 Å². The van der Waals surface area contributed by atoms with Gasteiger partial charge in [0.25, 0.3) is 0 Å². The van der Waals surface area contributed by atoms with Gasteiger partial charge in [0, 0.05) is 7.11 Å². The van der Waals surface area contributed by atoms with Gasteiger partial charge in [0.15, 0.2) is 0 Å². The van der Waals surface area contributed by atoms with E-state index in [0.29, 0.717) is 12.5 Å². The van der Waals surface area contributed by atoms with Crippen molar-refractivity contribution in [1.29, 1.82) is 5.26 Å². The van der Waals surface area contributed by atoms with Gasteiger partial charge in [-0.25, -0.2) is 4.79 Å². The fourth-order valence-electron chi connectivity index (χ4n) is 2.20. The quantitative estimate of drug-likeness (QED) is 0.428. The number of methoxy groups -OCH3 is 1. The first-order valence-electron chi connectivity index (χ1n) is 6.49. The molecule has 0 aromatic carbocycles. The van der Waals surface area contributed by atoms with E-state index < -0.39 is 5.97 Å². The van der Waals surface area contributed by atoms with E-state index >= 15 is 0 Å². The molecule has 0 saturated heterocycles. The predicted octanol–water partition coefficient (Wildman–Crippen LogP) is 2.59. The third-order valence-corrected chi connectivity index (χ3v) is 3.10. The number of carbonyl (C=O) groups is 1. The van der Waals surface area contributed by atoms with Crippen molar-refractivity contribution in [3.8, 4) is 6.07 Å². The average Bonchev–Trinajstić information content (AvgIpc) is 2.37. The molecular weight excluding hydrogens is 230 g/mol. The molecule has 0 spiro atoms. The SMILES string of the molecule is COCC(C)OC(=O)/C(C#N)=C/C1CCCCC1. The Morgan fingerprint density at radius 1 is 1.44 bits per heavy atom. The number of carbonyl (C=O) groups excluding carboxylic acids is 1. The molecule has 4 heteroatoms. The second kappa shape index (κ2) is 7.88. The summed E-state index contributed by atoms with van der Waals surface area (Å²) in [5.74, 6) is -0.189. The van der Waals surface area contributed by atoms with Crippen molar-refractivity contribution < 1.29 is 14.3 Å². The van der Waals surface area contributed by atoms with E-state index in [-0.39, 0.29) is 11.7 Å². The molecule has 0 aromatic rings. The zero-order chi connectivity index (χ0) is 13.4. The van der Waals surface area contributed by atoms with Crippen LogP contribution in [0.2, 0.25) is 0 Å². The number of nitrogens with zero attached hydrogens (tertiary/aromatic N) is 1. The lowest BCUT2D eigenvalue weighted by atomic mass is 9.88. The first-order valence-corrected chi connectivity index (χ1v) is 6.49. The molecule has 0 amide bonds.